The van der Waals surface area contributed by atoms with Crippen LogP contribution in [0.15, 0.2) is 27.4 Å². The smallest absolute Gasteiger partial charge is 0.137 e. The summed E-state index contributed by atoms with van der Waals surface area (Å²) in [6, 6.07) is 3.95. The van der Waals surface area contributed by atoms with Crippen LogP contribution in [-0.4, -0.2) is 9.38 Å². The number of fused-ring (bicyclic) bond motifs is 1. The molecule has 2 rings (SSSR count). The van der Waals surface area contributed by atoms with Crippen molar-refractivity contribution in [3.8, 4) is 0 Å². The third-order valence-electron chi connectivity index (χ3n) is 1.68. The molecule has 0 bridgehead atoms. The lowest BCUT2D eigenvalue weighted by Crippen LogP contribution is -1.83. The summed E-state index contributed by atoms with van der Waals surface area (Å²) < 4.78 is 4.06. The monoisotopic (exact) mass is 288 g/mol. The first-order valence-electron chi connectivity index (χ1n) is 3.48. The molecular formula is C8H6Br2N2. The van der Waals surface area contributed by atoms with Crippen molar-refractivity contribution in [2.24, 2.45) is 0 Å². The zero-order valence-electron chi connectivity index (χ0n) is 6.38. The Morgan fingerprint density at radius 2 is 2.08 bits per heavy atom. The molecule has 2 heterocycles. The standard InChI is InChI=1S/C8H6Br2N2/c1-5-8(10)12-4-6(9)2-3-7(12)11-5/h2-4H,1H3. The normalized spacial score (nSPS) is 10.9. The number of rotatable bonds is 0. The molecule has 0 aromatic carbocycles. The quantitative estimate of drug-likeness (QED) is 0.728. The first-order chi connectivity index (χ1) is 5.68. The van der Waals surface area contributed by atoms with E-state index in [4.69, 9.17) is 0 Å². The van der Waals surface area contributed by atoms with Crippen molar-refractivity contribution < 1.29 is 0 Å². The summed E-state index contributed by atoms with van der Waals surface area (Å²) in [4.78, 5) is 4.35. The van der Waals surface area contributed by atoms with Gasteiger partial charge in [-0.3, -0.25) is 4.40 Å². The predicted molar refractivity (Wildman–Crippen MR) is 55.3 cm³/mol. The highest BCUT2D eigenvalue weighted by molar-refractivity contribution is 9.10. The van der Waals surface area contributed by atoms with Crippen molar-refractivity contribution in [1.82, 2.24) is 9.38 Å². The molecule has 0 aliphatic rings. The Balaban J connectivity index is 2.88. The van der Waals surface area contributed by atoms with Gasteiger partial charge in [0.05, 0.1) is 5.69 Å². The number of hydrogen-bond acceptors (Lipinski definition) is 1. The highest BCUT2D eigenvalue weighted by atomic mass is 79.9. The Kier molecular flexibility index (Phi) is 1.96. The molecule has 0 fully saturated rings. The Labute approximate surface area is 86.9 Å². The highest BCUT2D eigenvalue weighted by Gasteiger charge is 2.04. The largest absolute Gasteiger partial charge is 0.293 e. The van der Waals surface area contributed by atoms with E-state index in [1.807, 2.05) is 29.7 Å². The SMILES string of the molecule is Cc1nc2ccc(Br)cn2c1Br. The van der Waals surface area contributed by atoms with E-state index in [-0.39, 0.29) is 0 Å². The second-order valence-corrected chi connectivity index (χ2v) is 4.23. The van der Waals surface area contributed by atoms with Crippen LogP contribution in [0.1, 0.15) is 5.69 Å². The summed E-state index contributed by atoms with van der Waals surface area (Å²) in [7, 11) is 0. The predicted octanol–water partition coefficient (Wildman–Crippen LogP) is 3.17. The Hall–Kier alpha value is -0.350. The van der Waals surface area contributed by atoms with E-state index in [1.165, 1.54) is 0 Å². The molecule has 4 heteroatoms. The number of imidazole rings is 1. The van der Waals surface area contributed by atoms with E-state index in [0.717, 1.165) is 20.4 Å². The van der Waals surface area contributed by atoms with Gasteiger partial charge in [-0.25, -0.2) is 4.98 Å². The first kappa shape index (κ1) is 8.26. The summed E-state index contributed by atoms with van der Waals surface area (Å²) in [6.45, 7) is 1.98. The number of hydrogen-bond donors (Lipinski definition) is 0. The van der Waals surface area contributed by atoms with Gasteiger partial charge < -0.3 is 0 Å². The van der Waals surface area contributed by atoms with Gasteiger partial charge in [-0.15, -0.1) is 0 Å². The summed E-state index contributed by atoms with van der Waals surface area (Å²) in [5, 5.41) is 0. The molecule has 0 N–H and O–H groups in total. The van der Waals surface area contributed by atoms with E-state index < -0.39 is 0 Å². The maximum absolute atomic E-state index is 4.35. The van der Waals surface area contributed by atoms with Gasteiger partial charge in [0.2, 0.25) is 0 Å². The molecule has 0 atom stereocenters. The fourth-order valence-electron chi connectivity index (χ4n) is 1.11. The molecule has 62 valence electrons. The number of aryl methyl sites for hydroxylation is 1. The average molecular weight is 290 g/mol. The molecule has 12 heavy (non-hydrogen) atoms. The molecule has 0 aliphatic carbocycles. The van der Waals surface area contributed by atoms with Crippen LogP contribution in [0.2, 0.25) is 0 Å². The highest BCUT2D eigenvalue weighted by Crippen LogP contribution is 2.20. The molecule has 2 aromatic rings. The van der Waals surface area contributed by atoms with E-state index >= 15 is 0 Å². The third kappa shape index (κ3) is 1.19. The first-order valence-corrected chi connectivity index (χ1v) is 5.07. The van der Waals surface area contributed by atoms with Crippen LogP contribution in [0, 0.1) is 6.92 Å². The van der Waals surface area contributed by atoms with Crippen LogP contribution in [0.25, 0.3) is 5.65 Å². The number of nitrogens with zero attached hydrogens (tertiary/aromatic N) is 2. The number of pyridine rings is 1. The van der Waals surface area contributed by atoms with Crippen molar-refractivity contribution >= 4 is 37.5 Å². The minimum absolute atomic E-state index is 0.961. The maximum atomic E-state index is 4.35. The number of aromatic nitrogens is 2. The van der Waals surface area contributed by atoms with Gasteiger partial charge >= 0.3 is 0 Å². The number of halogens is 2. The lowest BCUT2D eigenvalue weighted by Gasteiger charge is -1.94. The van der Waals surface area contributed by atoms with E-state index in [2.05, 4.69) is 36.8 Å². The molecule has 2 aromatic heterocycles. The van der Waals surface area contributed by atoms with Gasteiger partial charge in [-0.05, 0) is 50.9 Å². The van der Waals surface area contributed by atoms with Crippen LogP contribution in [-0.2, 0) is 0 Å². The van der Waals surface area contributed by atoms with E-state index in [9.17, 15) is 0 Å². The summed E-state index contributed by atoms with van der Waals surface area (Å²) >= 11 is 6.87. The average Bonchev–Trinajstić information content (AvgIpc) is 2.31. The van der Waals surface area contributed by atoms with Gasteiger partial charge in [0, 0.05) is 10.7 Å². The minimum atomic E-state index is 0.961. The Morgan fingerprint density at radius 1 is 1.33 bits per heavy atom. The second kappa shape index (κ2) is 2.85. The summed E-state index contributed by atoms with van der Waals surface area (Å²) in [6.07, 6.45) is 1.99. The molecule has 0 spiro atoms. The summed E-state index contributed by atoms with van der Waals surface area (Å²) in [5.41, 5.74) is 1.97. The molecular weight excluding hydrogens is 284 g/mol. The fourth-order valence-corrected chi connectivity index (χ4v) is 1.82. The molecule has 0 saturated heterocycles. The molecule has 0 aliphatic heterocycles. The Morgan fingerprint density at radius 3 is 2.83 bits per heavy atom. The van der Waals surface area contributed by atoms with Crippen molar-refractivity contribution in [2.75, 3.05) is 0 Å². The van der Waals surface area contributed by atoms with Gasteiger partial charge in [0.1, 0.15) is 10.3 Å². The third-order valence-corrected chi connectivity index (χ3v) is 3.11. The molecule has 0 radical (unpaired) electrons. The van der Waals surface area contributed by atoms with Crippen LogP contribution < -0.4 is 0 Å². The van der Waals surface area contributed by atoms with Crippen LogP contribution >= 0.6 is 31.9 Å². The molecule has 0 unspecified atom stereocenters. The van der Waals surface area contributed by atoms with Gasteiger partial charge in [-0.2, -0.15) is 0 Å². The minimum Gasteiger partial charge on any atom is -0.293 e. The van der Waals surface area contributed by atoms with Gasteiger partial charge in [0.15, 0.2) is 0 Å². The maximum Gasteiger partial charge on any atom is 0.137 e. The lowest BCUT2D eigenvalue weighted by atomic mass is 10.5. The van der Waals surface area contributed by atoms with Crippen molar-refractivity contribution in [3.63, 3.8) is 0 Å². The van der Waals surface area contributed by atoms with E-state index in [1.54, 1.807) is 0 Å². The molecule has 2 nitrogen and oxygen atoms in total. The van der Waals surface area contributed by atoms with Crippen molar-refractivity contribution in [1.29, 1.82) is 0 Å². The van der Waals surface area contributed by atoms with Crippen molar-refractivity contribution in [3.05, 3.63) is 33.1 Å². The van der Waals surface area contributed by atoms with Crippen LogP contribution in [0.5, 0.6) is 0 Å². The Bertz CT molecular complexity index is 434. The van der Waals surface area contributed by atoms with Crippen LogP contribution in [0.4, 0.5) is 0 Å². The zero-order valence-corrected chi connectivity index (χ0v) is 9.55. The second-order valence-electron chi connectivity index (χ2n) is 2.56. The summed E-state index contributed by atoms with van der Waals surface area (Å²) in [5.74, 6) is 0. The van der Waals surface area contributed by atoms with Gasteiger partial charge in [-0.1, -0.05) is 0 Å². The molecule has 0 amide bonds. The van der Waals surface area contributed by atoms with Gasteiger partial charge in [0.25, 0.3) is 0 Å². The fraction of sp³-hybridized carbons (Fsp3) is 0.125. The van der Waals surface area contributed by atoms with Crippen LogP contribution in [0.3, 0.4) is 0 Å². The lowest BCUT2D eigenvalue weighted by molar-refractivity contribution is 1.14. The van der Waals surface area contributed by atoms with E-state index in [0.29, 0.717) is 0 Å². The topological polar surface area (TPSA) is 17.3 Å². The zero-order chi connectivity index (χ0) is 8.72. The molecule has 0 saturated carbocycles. The van der Waals surface area contributed by atoms with Crippen molar-refractivity contribution in [2.45, 2.75) is 6.92 Å².